The van der Waals surface area contributed by atoms with E-state index in [0.717, 1.165) is 16.2 Å². The first-order valence-electron chi connectivity index (χ1n) is 6.54. The number of hydrogen-bond acceptors (Lipinski definition) is 5. The van der Waals surface area contributed by atoms with Crippen LogP contribution in [0.4, 0.5) is 0 Å². The monoisotopic (exact) mass is 274 g/mol. The summed E-state index contributed by atoms with van der Waals surface area (Å²) < 4.78 is 0. The molecule has 2 aliphatic heterocycles. The lowest BCUT2D eigenvalue weighted by molar-refractivity contribution is -0.145. The topological polar surface area (TPSA) is 83.5 Å². The minimum atomic E-state index is -0.260. The molecule has 2 aliphatic rings. The summed E-state index contributed by atoms with van der Waals surface area (Å²) in [4.78, 5) is 46.0. The van der Waals surface area contributed by atoms with Gasteiger partial charge in [0.1, 0.15) is 12.9 Å². The molecular formula is C13H14N4O3. The summed E-state index contributed by atoms with van der Waals surface area (Å²) in [6, 6.07) is 0. The Labute approximate surface area is 115 Å². The molecule has 1 aromatic heterocycles. The molecule has 0 spiro atoms. The fourth-order valence-corrected chi connectivity index (χ4v) is 2.51. The summed E-state index contributed by atoms with van der Waals surface area (Å²) in [6.45, 7) is 0.838. The number of carbonyl (C=O) groups excluding carboxylic acids is 3. The second-order valence-electron chi connectivity index (χ2n) is 4.93. The first kappa shape index (κ1) is 12.7. The van der Waals surface area contributed by atoms with Crippen molar-refractivity contribution in [2.24, 2.45) is 0 Å². The molecule has 3 rings (SSSR count). The minimum Gasteiger partial charge on any atom is -0.336 e. The fraction of sp³-hybridized carbons (Fsp3) is 0.462. The number of nitrogens with zero attached hydrogens (tertiary/aromatic N) is 4. The molecule has 0 saturated carbocycles. The number of hydrogen-bond donors (Lipinski definition) is 0. The quantitative estimate of drug-likeness (QED) is 0.680. The number of amides is 3. The van der Waals surface area contributed by atoms with E-state index >= 15 is 0 Å². The van der Waals surface area contributed by atoms with Gasteiger partial charge in [0.05, 0.1) is 5.69 Å². The number of fused-ring (bicyclic) bond motifs is 1. The summed E-state index contributed by atoms with van der Waals surface area (Å²) in [6.07, 6.45) is 4.29. The fourth-order valence-electron chi connectivity index (χ4n) is 2.51. The molecule has 3 heterocycles. The average molecular weight is 274 g/mol. The molecule has 7 heteroatoms. The zero-order valence-electron chi connectivity index (χ0n) is 10.9. The van der Waals surface area contributed by atoms with Crippen molar-refractivity contribution in [3.63, 3.8) is 0 Å². The van der Waals surface area contributed by atoms with Crippen molar-refractivity contribution < 1.29 is 14.4 Å². The van der Waals surface area contributed by atoms with Crippen molar-refractivity contribution in [2.75, 3.05) is 13.1 Å². The van der Waals surface area contributed by atoms with Crippen molar-refractivity contribution in [2.45, 2.75) is 25.8 Å². The van der Waals surface area contributed by atoms with Crippen LogP contribution >= 0.6 is 0 Å². The van der Waals surface area contributed by atoms with E-state index in [4.69, 9.17) is 0 Å². The van der Waals surface area contributed by atoms with Crippen LogP contribution in [0.25, 0.3) is 0 Å². The Kier molecular flexibility index (Phi) is 3.17. The third-order valence-corrected chi connectivity index (χ3v) is 3.66. The van der Waals surface area contributed by atoms with E-state index in [0.29, 0.717) is 19.5 Å². The Morgan fingerprint density at radius 1 is 1.20 bits per heavy atom. The standard InChI is InChI=1S/C13H14N4O3/c18-11-1-2-12(19)17(11)7-13(20)16-4-3-10-9(6-16)5-14-8-15-10/h5,8H,1-4,6-7H2. The van der Waals surface area contributed by atoms with Crippen molar-refractivity contribution in [3.05, 3.63) is 23.8 Å². The van der Waals surface area contributed by atoms with Crippen molar-refractivity contribution >= 4 is 17.7 Å². The normalized spacial score (nSPS) is 18.4. The molecule has 0 unspecified atom stereocenters. The van der Waals surface area contributed by atoms with E-state index < -0.39 is 0 Å². The third kappa shape index (κ3) is 2.26. The highest BCUT2D eigenvalue weighted by molar-refractivity contribution is 6.04. The molecule has 0 bridgehead atoms. The summed E-state index contributed by atoms with van der Waals surface area (Å²) in [7, 11) is 0. The Morgan fingerprint density at radius 3 is 2.70 bits per heavy atom. The van der Waals surface area contributed by atoms with E-state index in [1.165, 1.54) is 6.33 Å². The highest BCUT2D eigenvalue weighted by Gasteiger charge is 2.32. The van der Waals surface area contributed by atoms with Crippen LogP contribution in [-0.2, 0) is 27.3 Å². The second kappa shape index (κ2) is 4.99. The van der Waals surface area contributed by atoms with Gasteiger partial charge in [-0.2, -0.15) is 0 Å². The van der Waals surface area contributed by atoms with E-state index in [1.807, 2.05) is 0 Å². The van der Waals surface area contributed by atoms with Gasteiger partial charge in [0.15, 0.2) is 0 Å². The molecule has 0 radical (unpaired) electrons. The predicted molar refractivity (Wildman–Crippen MR) is 67.1 cm³/mol. The first-order valence-corrected chi connectivity index (χ1v) is 6.54. The van der Waals surface area contributed by atoms with Crippen LogP contribution in [0.1, 0.15) is 24.1 Å². The Balaban J connectivity index is 1.67. The molecule has 1 aromatic rings. The molecule has 20 heavy (non-hydrogen) atoms. The minimum absolute atomic E-state index is 0.152. The van der Waals surface area contributed by atoms with Gasteiger partial charge < -0.3 is 4.90 Å². The molecular weight excluding hydrogens is 260 g/mol. The van der Waals surface area contributed by atoms with Gasteiger partial charge in [-0.15, -0.1) is 0 Å². The summed E-state index contributed by atoms with van der Waals surface area (Å²) in [5, 5.41) is 0. The lowest BCUT2D eigenvalue weighted by Gasteiger charge is -2.29. The van der Waals surface area contributed by atoms with Gasteiger partial charge in [-0.05, 0) is 0 Å². The summed E-state index contributed by atoms with van der Waals surface area (Å²) in [5.41, 5.74) is 1.88. The van der Waals surface area contributed by atoms with Gasteiger partial charge in [-0.3, -0.25) is 19.3 Å². The lowest BCUT2D eigenvalue weighted by atomic mass is 10.1. The SMILES string of the molecule is O=C(CN1C(=O)CCC1=O)N1CCc2ncncc2C1. The molecule has 0 N–H and O–H groups in total. The molecule has 0 aliphatic carbocycles. The van der Waals surface area contributed by atoms with Crippen molar-refractivity contribution in [1.29, 1.82) is 0 Å². The Morgan fingerprint density at radius 2 is 1.95 bits per heavy atom. The third-order valence-electron chi connectivity index (χ3n) is 3.66. The van der Waals surface area contributed by atoms with E-state index in [1.54, 1.807) is 11.1 Å². The molecule has 7 nitrogen and oxygen atoms in total. The van der Waals surface area contributed by atoms with Crippen LogP contribution in [0.2, 0.25) is 0 Å². The molecule has 3 amide bonds. The van der Waals surface area contributed by atoms with Gasteiger partial charge in [0.25, 0.3) is 0 Å². The van der Waals surface area contributed by atoms with Gasteiger partial charge in [0, 0.05) is 44.1 Å². The molecule has 1 saturated heterocycles. The largest absolute Gasteiger partial charge is 0.336 e. The summed E-state index contributed by atoms with van der Waals surface area (Å²) in [5.74, 6) is -0.726. The number of imide groups is 1. The second-order valence-corrected chi connectivity index (χ2v) is 4.93. The average Bonchev–Trinajstić information content (AvgIpc) is 2.78. The lowest BCUT2D eigenvalue weighted by Crippen LogP contribution is -2.44. The predicted octanol–water partition coefficient (Wildman–Crippen LogP) is -0.490. The number of likely N-dealkylation sites (tertiary alicyclic amines) is 1. The van der Waals surface area contributed by atoms with Crippen LogP contribution < -0.4 is 0 Å². The van der Waals surface area contributed by atoms with Gasteiger partial charge in [-0.1, -0.05) is 0 Å². The highest BCUT2D eigenvalue weighted by Crippen LogP contribution is 2.17. The maximum Gasteiger partial charge on any atom is 0.243 e. The zero-order valence-corrected chi connectivity index (χ0v) is 10.9. The van der Waals surface area contributed by atoms with Crippen LogP contribution in [0.5, 0.6) is 0 Å². The van der Waals surface area contributed by atoms with Crippen molar-refractivity contribution in [1.82, 2.24) is 19.8 Å². The van der Waals surface area contributed by atoms with Crippen LogP contribution in [0.3, 0.4) is 0 Å². The number of aromatic nitrogens is 2. The van der Waals surface area contributed by atoms with E-state index in [9.17, 15) is 14.4 Å². The maximum atomic E-state index is 12.2. The van der Waals surface area contributed by atoms with Crippen LogP contribution in [-0.4, -0.2) is 50.6 Å². The Bertz CT molecular complexity index is 571. The van der Waals surface area contributed by atoms with Gasteiger partial charge in [0.2, 0.25) is 17.7 Å². The molecule has 0 atom stereocenters. The van der Waals surface area contributed by atoms with Crippen molar-refractivity contribution in [3.8, 4) is 0 Å². The Hall–Kier alpha value is -2.31. The van der Waals surface area contributed by atoms with Gasteiger partial charge >= 0.3 is 0 Å². The number of carbonyl (C=O) groups is 3. The molecule has 0 aromatic carbocycles. The molecule has 1 fully saturated rings. The van der Waals surface area contributed by atoms with Crippen LogP contribution in [0.15, 0.2) is 12.5 Å². The van der Waals surface area contributed by atoms with Crippen LogP contribution in [0, 0.1) is 0 Å². The number of rotatable bonds is 2. The van der Waals surface area contributed by atoms with E-state index in [-0.39, 0.29) is 37.1 Å². The first-order chi connectivity index (χ1) is 9.65. The zero-order chi connectivity index (χ0) is 14.1. The van der Waals surface area contributed by atoms with Gasteiger partial charge in [-0.25, -0.2) is 9.97 Å². The smallest absolute Gasteiger partial charge is 0.243 e. The maximum absolute atomic E-state index is 12.2. The summed E-state index contributed by atoms with van der Waals surface area (Å²) >= 11 is 0. The van der Waals surface area contributed by atoms with E-state index in [2.05, 4.69) is 9.97 Å². The highest BCUT2D eigenvalue weighted by atomic mass is 16.2. The molecule has 104 valence electrons.